The van der Waals surface area contributed by atoms with E-state index in [9.17, 15) is 13.2 Å². The maximum absolute atomic E-state index is 13.1. The van der Waals surface area contributed by atoms with Gasteiger partial charge in [-0.05, 0) is 74.0 Å². The first-order valence-corrected chi connectivity index (χ1v) is 12.2. The first-order chi connectivity index (χ1) is 15.7. The zero-order chi connectivity index (χ0) is 23.8. The first kappa shape index (κ1) is 23.0. The van der Waals surface area contributed by atoms with Crippen LogP contribution in [-0.4, -0.2) is 29.1 Å². The van der Waals surface area contributed by atoms with Crippen LogP contribution in [0.2, 0.25) is 10.2 Å². The van der Waals surface area contributed by atoms with Crippen LogP contribution in [0.3, 0.4) is 0 Å². The predicted octanol–water partition coefficient (Wildman–Crippen LogP) is 5.12. The second-order valence-electron chi connectivity index (χ2n) is 7.20. The Morgan fingerprint density at radius 2 is 1.76 bits per heavy atom. The van der Waals surface area contributed by atoms with Gasteiger partial charge in [0.1, 0.15) is 5.69 Å². The Bertz CT molecular complexity index is 1450. The number of fused-ring (bicyclic) bond motifs is 1. The standard InChI is InChI=1S/C22H19Cl2N5O3S/c1-3-29-18-9-4-14(23)12-17(18)13(2)21(29)22(30)25-15-5-7-16(8-6-15)33(31,32)28-20-11-10-19(24)26-27-20/h4-12H,3H2,1-2H3,(H,25,30)(H,27,28). The minimum absolute atomic E-state index is 0.00532. The lowest BCUT2D eigenvalue weighted by Crippen LogP contribution is -2.18. The number of aromatic nitrogens is 3. The van der Waals surface area contributed by atoms with Gasteiger partial charge < -0.3 is 9.88 Å². The van der Waals surface area contributed by atoms with E-state index in [0.717, 1.165) is 16.5 Å². The van der Waals surface area contributed by atoms with Crippen molar-refractivity contribution >= 4 is 61.5 Å². The molecule has 0 aliphatic heterocycles. The van der Waals surface area contributed by atoms with Gasteiger partial charge in [0.05, 0.1) is 4.90 Å². The number of carbonyl (C=O) groups excluding carboxylic acids is 1. The van der Waals surface area contributed by atoms with E-state index in [1.807, 2.05) is 30.5 Å². The average Bonchev–Trinajstić information content (AvgIpc) is 3.06. The van der Waals surface area contributed by atoms with E-state index in [0.29, 0.717) is 22.9 Å². The number of nitrogens with zero attached hydrogens (tertiary/aromatic N) is 3. The minimum Gasteiger partial charge on any atom is -0.337 e. The molecule has 0 aliphatic rings. The summed E-state index contributed by atoms with van der Waals surface area (Å²) in [6.07, 6.45) is 0. The number of amides is 1. The van der Waals surface area contributed by atoms with Crippen molar-refractivity contribution in [2.45, 2.75) is 25.3 Å². The molecule has 0 radical (unpaired) electrons. The summed E-state index contributed by atoms with van der Waals surface area (Å²) in [5.74, 6) is -0.258. The van der Waals surface area contributed by atoms with Crippen LogP contribution in [0.1, 0.15) is 23.0 Å². The van der Waals surface area contributed by atoms with Gasteiger partial charge in [0.25, 0.3) is 15.9 Å². The number of aryl methyl sites for hydroxylation is 2. The molecular formula is C22H19Cl2N5O3S. The van der Waals surface area contributed by atoms with Crippen molar-refractivity contribution in [1.29, 1.82) is 0 Å². The quantitative estimate of drug-likeness (QED) is 0.379. The van der Waals surface area contributed by atoms with Crippen LogP contribution in [0.15, 0.2) is 59.5 Å². The lowest BCUT2D eigenvalue weighted by molar-refractivity contribution is 0.101. The van der Waals surface area contributed by atoms with Crippen LogP contribution in [0, 0.1) is 6.92 Å². The van der Waals surface area contributed by atoms with E-state index in [-0.39, 0.29) is 21.8 Å². The van der Waals surface area contributed by atoms with Gasteiger partial charge in [0.15, 0.2) is 11.0 Å². The molecule has 4 rings (SSSR count). The van der Waals surface area contributed by atoms with Gasteiger partial charge in [0, 0.05) is 28.2 Å². The fourth-order valence-electron chi connectivity index (χ4n) is 3.59. The van der Waals surface area contributed by atoms with Crippen molar-refractivity contribution in [2.24, 2.45) is 0 Å². The molecule has 0 saturated carbocycles. The summed E-state index contributed by atoms with van der Waals surface area (Å²) < 4.78 is 29.4. The monoisotopic (exact) mass is 503 g/mol. The second kappa shape index (κ2) is 9.01. The van der Waals surface area contributed by atoms with Crippen LogP contribution >= 0.6 is 23.2 Å². The molecule has 0 atom stereocenters. The van der Waals surface area contributed by atoms with Crippen molar-refractivity contribution < 1.29 is 13.2 Å². The van der Waals surface area contributed by atoms with Crippen LogP contribution in [0.5, 0.6) is 0 Å². The number of halogens is 2. The van der Waals surface area contributed by atoms with E-state index in [2.05, 4.69) is 20.2 Å². The fraction of sp³-hybridized carbons (Fsp3) is 0.136. The summed E-state index contributed by atoms with van der Waals surface area (Å²) in [6, 6.07) is 14.2. The second-order valence-corrected chi connectivity index (χ2v) is 9.71. The molecule has 170 valence electrons. The molecule has 11 heteroatoms. The number of anilines is 2. The van der Waals surface area contributed by atoms with Crippen LogP contribution in [0.25, 0.3) is 10.9 Å². The third-order valence-electron chi connectivity index (χ3n) is 5.10. The summed E-state index contributed by atoms with van der Waals surface area (Å²) in [4.78, 5) is 13.1. The molecule has 2 aromatic carbocycles. The van der Waals surface area contributed by atoms with Crippen molar-refractivity contribution in [3.8, 4) is 0 Å². The third kappa shape index (κ3) is 4.66. The lowest BCUT2D eigenvalue weighted by atomic mass is 10.1. The summed E-state index contributed by atoms with van der Waals surface area (Å²) in [5, 5.41) is 11.8. The number of nitrogens with one attached hydrogen (secondary N) is 2. The Morgan fingerprint density at radius 1 is 1.03 bits per heavy atom. The summed E-state index contributed by atoms with van der Waals surface area (Å²) in [6.45, 7) is 4.44. The highest BCUT2D eigenvalue weighted by Crippen LogP contribution is 2.29. The van der Waals surface area contributed by atoms with Crippen molar-refractivity contribution in [3.63, 3.8) is 0 Å². The Hall–Kier alpha value is -3.14. The molecule has 0 bridgehead atoms. The highest BCUT2D eigenvalue weighted by Gasteiger charge is 2.21. The van der Waals surface area contributed by atoms with E-state index in [4.69, 9.17) is 23.2 Å². The van der Waals surface area contributed by atoms with E-state index in [1.54, 1.807) is 6.07 Å². The molecule has 33 heavy (non-hydrogen) atoms. The Labute approximate surface area is 200 Å². The van der Waals surface area contributed by atoms with Crippen LogP contribution in [-0.2, 0) is 16.6 Å². The maximum Gasteiger partial charge on any atom is 0.272 e. The first-order valence-electron chi connectivity index (χ1n) is 9.91. The third-order valence-corrected chi connectivity index (χ3v) is 6.91. The number of carbonyl (C=O) groups is 1. The van der Waals surface area contributed by atoms with Gasteiger partial charge in [0.2, 0.25) is 0 Å². The van der Waals surface area contributed by atoms with Crippen LogP contribution < -0.4 is 10.0 Å². The molecule has 8 nitrogen and oxygen atoms in total. The number of rotatable bonds is 6. The molecule has 0 fully saturated rings. The molecule has 4 aromatic rings. The smallest absolute Gasteiger partial charge is 0.272 e. The van der Waals surface area contributed by atoms with Crippen molar-refractivity contribution in [2.75, 3.05) is 10.0 Å². The van der Waals surface area contributed by atoms with E-state index in [1.165, 1.54) is 36.4 Å². The Kier molecular flexibility index (Phi) is 6.29. The molecular weight excluding hydrogens is 485 g/mol. The topological polar surface area (TPSA) is 106 Å². The number of hydrogen-bond donors (Lipinski definition) is 2. The maximum atomic E-state index is 13.1. The minimum atomic E-state index is -3.89. The fourth-order valence-corrected chi connectivity index (χ4v) is 4.86. The van der Waals surface area contributed by atoms with Crippen molar-refractivity contribution in [3.05, 3.63) is 76.0 Å². The van der Waals surface area contributed by atoms with Gasteiger partial charge in [-0.1, -0.05) is 23.2 Å². The summed E-state index contributed by atoms with van der Waals surface area (Å²) >= 11 is 11.8. The predicted molar refractivity (Wildman–Crippen MR) is 130 cm³/mol. The molecule has 0 saturated heterocycles. The highest BCUT2D eigenvalue weighted by molar-refractivity contribution is 7.92. The average molecular weight is 504 g/mol. The van der Waals surface area contributed by atoms with Gasteiger partial charge in [-0.25, -0.2) is 8.42 Å². The Morgan fingerprint density at radius 3 is 2.39 bits per heavy atom. The zero-order valence-corrected chi connectivity index (χ0v) is 20.0. The van der Waals surface area contributed by atoms with Gasteiger partial charge in [-0.3, -0.25) is 9.52 Å². The largest absolute Gasteiger partial charge is 0.337 e. The van der Waals surface area contributed by atoms with E-state index < -0.39 is 10.0 Å². The summed E-state index contributed by atoms with van der Waals surface area (Å²) in [7, 11) is -3.89. The number of sulfonamides is 1. The molecule has 0 aliphatic carbocycles. The van der Waals surface area contributed by atoms with Crippen LogP contribution in [0.4, 0.5) is 11.5 Å². The highest BCUT2D eigenvalue weighted by atomic mass is 35.5. The van der Waals surface area contributed by atoms with E-state index >= 15 is 0 Å². The molecule has 0 spiro atoms. The number of hydrogen-bond acceptors (Lipinski definition) is 5. The summed E-state index contributed by atoms with van der Waals surface area (Å²) in [5.41, 5.74) is 2.71. The molecule has 2 aromatic heterocycles. The normalized spacial score (nSPS) is 11.5. The van der Waals surface area contributed by atoms with Gasteiger partial charge >= 0.3 is 0 Å². The SMILES string of the molecule is CCn1c(C(=O)Nc2ccc(S(=O)(=O)Nc3ccc(Cl)nn3)cc2)c(C)c2cc(Cl)ccc21. The molecule has 0 unspecified atom stereocenters. The zero-order valence-electron chi connectivity index (χ0n) is 17.6. The van der Waals surface area contributed by atoms with Crippen molar-refractivity contribution in [1.82, 2.24) is 14.8 Å². The molecule has 1 amide bonds. The van der Waals surface area contributed by atoms with Gasteiger partial charge in [-0.15, -0.1) is 10.2 Å². The van der Waals surface area contributed by atoms with Gasteiger partial charge in [-0.2, -0.15) is 0 Å². The Balaban J connectivity index is 1.56. The molecule has 2 N–H and O–H groups in total. The number of benzene rings is 2. The lowest BCUT2D eigenvalue weighted by Gasteiger charge is -2.11. The molecule has 2 heterocycles.